The Balaban J connectivity index is 1.95. The normalized spacial score (nSPS) is 39.0. The van der Waals surface area contributed by atoms with Crippen LogP contribution >= 0.6 is 0 Å². The summed E-state index contributed by atoms with van der Waals surface area (Å²) in [4.78, 5) is 0. The van der Waals surface area contributed by atoms with Crippen molar-refractivity contribution in [1.29, 1.82) is 0 Å². The van der Waals surface area contributed by atoms with Gasteiger partial charge < -0.3 is 5.32 Å². The van der Waals surface area contributed by atoms with Crippen LogP contribution in [0.25, 0.3) is 0 Å². The molecule has 2 fully saturated rings. The highest BCUT2D eigenvalue weighted by atomic mass is 15.0. The summed E-state index contributed by atoms with van der Waals surface area (Å²) in [6.45, 7) is 7.17. The smallest absolute Gasteiger partial charge is 0.0101 e. The van der Waals surface area contributed by atoms with Crippen LogP contribution in [0, 0.1) is 17.8 Å². The van der Waals surface area contributed by atoms with Gasteiger partial charge in [-0.25, -0.2) is 0 Å². The highest BCUT2D eigenvalue weighted by molar-refractivity contribution is 4.96. The molecule has 112 valence electrons. The minimum absolute atomic E-state index is 0.750. The van der Waals surface area contributed by atoms with Gasteiger partial charge in [0.05, 0.1) is 0 Å². The number of unbranched alkanes of at least 4 members (excludes halogenated alkanes) is 3. The van der Waals surface area contributed by atoms with E-state index in [-0.39, 0.29) is 0 Å². The second-order valence-electron chi connectivity index (χ2n) is 7.10. The molecule has 0 amide bonds. The summed E-state index contributed by atoms with van der Waals surface area (Å²) in [5.74, 6) is 2.95. The van der Waals surface area contributed by atoms with Gasteiger partial charge in [0.25, 0.3) is 0 Å². The fourth-order valence-electron chi connectivity index (χ4n) is 4.92. The predicted molar refractivity (Wildman–Crippen MR) is 84.4 cm³/mol. The number of rotatable bonds is 6. The molecule has 5 unspecified atom stereocenters. The fourth-order valence-corrected chi connectivity index (χ4v) is 4.92. The van der Waals surface area contributed by atoms with Crippen LogP contribution in [0.5, 0.6) is 0 Å². The zero-order valence-corrected chi connectivity index (χ0v) is 13.5. The van der Waals surface area contributed by atoms with Crippen molar-refractivity contribution in [3.05, 3.63) is 0 Å². The van der Waals surface area contributed by atoms with Gasteiger partial charge in [-0.1, -0.05) is 58.8 Å². The molecule has 2 rings (SSSR count). The number of nitrogens with one attached hydrogen (secondary N) is 1. The fraction of sp³-hybridized carbons (Fsp3) is 1.00. The lowest BCUT2D eigenvalue weighted by Crippen LogP contribution is -2.56. The van der Waals surface area contributed by atoms with Crippen molar-refractivity contribution in [2.24, 2.45) is 17.8 Å². The van der Waals surface area contributed by atoms with Crippen LogP contribution in [0.2, 0.25) is 0 Å². The molecular weight excluding hydrogens is 230 g/mol. The molecule has 0 bridgehead atoms. The maximum Gasteiger partial charge on any atom is 0.0101 e. The lowest BCUT2D eigenvalue weighted by Gasteiger charge is -2.49. The maximum absolute atomic E-state index is 3.95. The Labute approximate surface area is 120 Å². The van der Waals surface area contributed by atoms with Crippen molar-refractivity contribution >= 4 is 0 Å². The highest BCUT2D eigenvalue weighted by Crippen LogP contribution is 2.43. The number of piperidine rings is 1. The van der Waals surface area contributed by atoms with Gasteiger partial charge in [-0.2, -0.15) is 0 Å². The van der Waals surface area contributed by atoms with Crippen LogP contribution < -0.4 is 5.32 Å². The summed E-state index contributed by atoms with van der Waals surface area (Å²) >= 11 is 0. The first-order chi connectivity index (χ1) is 9.27. The summed E-state index contributed by atoms with van der Waals surface area (Å²) in [7, 11) is 0. The van der Waals surface area contributed by atoms with E-state index in [2.05, 4.69) is 26.1 Å². The molecule has 1 saturated carbocycles. The Morgan fingerprint density at radius 3 is 2.47 bits per heavy atom. The van der Waals surface area contributed by atoms with Crippen LogP contribution in [0.15, 0.2) is 0 Å². The van der Waals surface area contributed by atoms with E-state index >= 15 is 0 Å². The molecular formula is C18H35N. The third kappa shape index (κ3) is 3.74. The van der Waals surface area contributed by atoms with Crippen LogP contribution in [0.3, 0.4) is 0 Å². The summed E-state index contributed by atoms with van der Waals surface area (Å²) < 4.78 is 0. The Morgan fingerprint density at radius 1 is 0.947 bits per heavy atom. The molecule has 1 nitrogen and oxygen atoms in total. The minimum atomic E-state index is 0.750. The largest absolute Gasteiger partial charge is 0.311 e. The molecule has 0 aromatic carbocycles. The van der Waals surface area contributed by atoms with Gasteiger partial charge in [0.1, 0.15) is 0 Å². The van der Waals surface area contributed by atoms with Gasteiger partial charge in [0, 0.05) is 12.1 Å². The number of fused-ring (bicyclic) bond motifs is 1. The van der Waals surface area contributed by atoms with E-state index in [1.807, 2.05) is 0 Å². The predicted octanol–water partition coefficient (Wildman–Crippen LogP) is 5.15. The van der Waals surface area contributed by atoms with Gasteiger partial charge in [-0.3, -0.25) is 0 Å². The lowest BCUT2D eigenvalue weighted by atomic mass is 9.64. The molecule has 2 aliphatic rings. The SMILES string of the molecule is CCCCCCC1C(CC)C(C)NC2CCCCC21. The van der Waals surface area contributed by atoms with Gasteiger partial charge in [0.15, 0.2) is 0 Å². The average Bonchev–Trinajstić information content (AvgIpc) is 2.43. The van der Waals surface area contributed by atoms with Crippen molar-refractivity contribution in [3.63, 3.8) is 0 Å². The molecule has 1 heteroatoms. The maximum atomic E-state index is 3.95. The second kappa shape index (κ2) is 7.67. The Morgan fingerprint density at radius 2 is 1.74 bits per heavy atom. The molecule has 5 atom stereocenters. The molecule has 1 saturated heterocycles. The van der Waals surface area contributed by atoms with E-state index in [1.165, 1.54) is 64.2 Å². The van der Waals surface area contributed by atoms with Gasteiger partial charge in [-0.15, -0.1) is 0 Å². The van der Waals surface area contributed by atoms with E-state index in [0.29, 0.717) is 0 Å². The third-order valence-corrected chi connectivity index (χ3v) is 5.90. The summed E-state index contributed by atoms with van der Waals surface area (Å²) in [5.41, 5.74) is 0. The first kappa shape index (κ1) is 15.4. The van der Waals surface area contributed by atoms with Crippen LogP contribution in [0.1, 0.15) is 85.0 Å². The molecule has 0 aromatic rings. The molecule has 1 aliphatic heterocycles. The van der Waals surface area contributed by atoms with Gasteiger partial charge in [0.2, 0.25) is 0 Å². The van der Waals surface area contributed by atoms with E-state index < -0.39 is 0 Å². The Hall–Kier alpha value is -0.0400. The molecule has 1 heterocycles. The monoisotopic (exact) mass is 265 g/mol. The van der Waals surface area contributed by atoms with E-state index in [4.69, 9.17) is 0 Å². The minimum Gasteiger partial charge on any atom is -0.311 e. The zero-order chi connectivity index (χ0) is 13.7. The zero-order valence-electron chi connectivity index (χ0n) is 13.5. The van der Waals surface area contributed by atoms with Crippen LogP contribution in [-0.4, -0.2) is 12.1 Å². The van der Waals surface area contributed by atoms with E-state index in [1.54, 1.807) is 0 Å². The molecule has 1 N–H and O–H groups in total. The molecule has 0 aromatic heterocycles. The first-order valence-electron chi connectivity index (χ1n) is 9.04. The molecule has 0 radical (unpaired) electrons. The van der Waals surface area contributed by atoms with E-state index in [9.17, 15) is 0 Å². The standard InChI is InChI=1S/C18H35N/c1-4-6-7-8-11-16-15(5-2)14(3)19-18-13-10-9-12-17(16)18/h14-19H,4-13H2,1-3H3. The van der Waals surface area contributed by atoms with Crippen molar-refractivity contribution in [2.45, 2.75) is 97.1 Å². The summed E-state index contributed by atoms with van der Waals surface area (Å²) in [5, 5.41) is 3.95. The Bertz CT molecular complexity index is 250. The van der Waals surface area contributed by atoms with Crippen LogP contribution in [0.4, 0.5) is 0 Å². The summed E-state index contributed by atoms with van der Waals surface area (Å²) in [6.07, 6.45) is 14.5. The second-order valence-corrected chi connectivity index (χ2v) is 7.10. The Kier molecular flexibility index (Phi) is 6.19. The van der Waals surface area contributed by atoms with Crippen molar-refractivity contribution in [2.75, 3.05) is 0 Å². The number of hydrogen-bond acceptors (Lipinski definition) is 1. The highest BCUT2D eigenvalue weighted by Gasteiger charge is 2.41. The first-order valence-corrected chi connectivity index (χ1v) is 9.04. The third-order valence-electron chi connectivity index (χ3n) is 5.90. The topological polar surface area (TPSA) is 12.0 Å². The van der Waals surface area contributed by atoms with Crippen molar-refractivity contribution in [3.8, 4) is 0 Å². The summed E-state index contributed by atoms with van der Waals surface area (Å²) in [6, 6.07) is 1.60. The quantitative estimate of drug-likeness (QED) is 0.655. The van der Waals surface area contributed by atoms with E-state index in [0.717, 1.165) is 29.8 Å². The molecule has 19 heavy (non-hydrogen) atoms. The van der Waals surface area contributed by atoms with Gasteiger partial charge in [-0.05, 0) is 43.9 Å². The average molecular weight is 265 g/mol. The van der Waals surface area contributed by atoms with Crippen molar-refractivity contribution in [1.82, 2.24) is 5.32 Å². The van der Waals surface area contributed by atoms with Crippen molar-refractivity contribution < 1.29 is 0 Å². The number of hydrogen-bond donors (Lipinski definition) is 1. The molecule has 1 aliphatic carbocycles. The van der Waals surface area contributed by atoms with Gasteiger partial charge >= 0.3 is 0 Å². The molecule has 0 spiro atoms. The van der Waals surface area contributed by atoms with Crippen LogP contribution in [-0.2, 0) is 0 Å². The lowest BCUT2D eigenvalue weighted by molar-refractivity contribution is 0.0457.